The van der Waals surface area contributed by atoms with Gasteiger partial charge in [0.1, 0.15) is 19.0 Å². The lowest BCUT2D eigenvalue weighted by molar-refractivity contribution is -0.168. The number of benzene rings is 2. The highest BCUT2D eigenvalue weighted by Crippen LogP contribution is 2.63. The van der Waals surface area contributed by atoms with Crippen LogP contribution < -0.4 is 14.5 Å². The first kappa shape index (κ1) is 28.9. The van der Waals surface area contributed by atoms with Crippen LogP contribution in [-0.2, 0) is 28.6 Å². The second kappa shape index (κ2) is 11.3. The molecular formula is C29H32N4O9. The second-order valence-corrected chi connectivity index (χ2v) is 9.79. The Labute approximate surface area is 242 Å². The molecule has 5 rings (SSSR count). The highest BCUT2D eigenvalue weighted by Gasteiger charge is 2.75. The topological polar surface area (TPSA) is 137 Å². The molecular weight excluding hydrogens is 548 g/mol. The molecule has 0 aliphatic carbocycles. The zero-order valence-corrected chi connectivity index (χ0v) is 23.8. The van der Waals surface area contributed by atoms with Crippen LogP contribution in [-0.4, -0.2) is 73.9 Å². The summed E-state index contributed by atoms with van der Waals surface area (Å²) in [6.45, 7) is 3.44. The van der Waals surface area contributed by atoms with Crippen LogP contribution in [0.5, 0.6) is 5.75 Å². The molecule has 2 aromatic carbocycles. The summed E-state index contributed by atoms with van der Waals surface area (Å²) in [4.78, 5) is 64.0. The van der Waals surface area contributed by atoms with E-state index in [2.05, 4.69) is 5.16 Å². The molecule has 4 amide bonds. The van der Waals surface area contributed by atoms with E-state index in [0.717, 1.165) is 4.90 Å². The van der Waals surface area contributed by atoms with Crippen molar-refractivity contribution >= 4 is 41.6 Å². The number of carbonyl (C=O) groups is 4. The van der Waals surface area contributed by atoms with E-state index in [9.17, 15) is 19.2 Å². The maximum atomic E-state index is 14.7. The molecule has 42 heavy (non-hydrogen) atoms. The number of imide groups is 1. The van der Waals surface area contributed by atoms with Crippen molar-refractivity contribution in [1.82, 2.24) is 4.90 Å². The SMILES string of the molecule is CCOC(=O)CC1(CC(=O)OCC)O[C@@H]2c3ccc(OC)cc3N3C(=O)N(c4ccccc4)C(=O)N1[C@]23C/C=N/OC. The number of hydrogen-bond acceptors (Lipinski definition) is 10. The predicted octanol–water partition coefficient (Wildman–Crippen LogP) is 3.97. The van der Waals surface area contributed by atoms with Crippen molar-refractivity contribution in [3.05, 3.63) is 54.1 Å². The number of oxime groups is 1. The molecule has 3 aliphatic heterocycles. The van der Waals surface area contributed by atoms with E-state index in [1.165, 1.54) is 30.2 Å². The lowest BCUT2D eigenvalue weighted by Gasteiger charge is -2.53. The van der Waals surface area contributed by atoms with Gasteiger partial charge in [0.15, 0.2) is 11.4 Å². The summed E-state index contributed by atoms with van der Waals surface area (Å²) in [7, 11) is 2.87. The number of anilines is 2. The normalized spacial score (nSPS) is 21.8. The average Bonchev–Trinajstić information content (AvgIpc) is 3.38. The van der Waals surface area contributed by atoms with E-state index < -0.39 is 54.3 Å². The molecule has 2 atom stereocenters. The summed E-state index contributed by atoms with van der Waals surface area (Å²) < 4.78 is 22.7. The van der Waals surface area contributed by atoms with E-state index in [1.807, 2.05) is 0 Å². The fourth-order valence-corrected chi connectivity index (χ4v) is 6.04. The molecule has 3 aliphatic rings. The Hall–Kier alpha value is -4.65. The van der Waals surface area contributed by atoms with Crippen molar-refractivity contribution in [3.8, 4) is 5.75 Å². The minimum Gasteiger partial charge on any atom is -0.497 e. The molecule has 3 heterocycles. The fraction of sp³-hybridized carbons (Fsp3) is 0.414. The summed E-state index contributed by atoms with van der Waals surface area (Å²) >= 11 is 0. The maximum absolute atomic E-state index is 14.7. The highest BCUT2D eigenvalue weighted by molar-refractivity contribution is 6.23. The molecule has 222 valence electrons. The van der Waals surface area contributed by atoms with E-state index >= 15 is 0 Å². The smallest absolute Gasteiger partial charge is 0.339 e. The third-order valence-electron chi connectivity index (χ3n) is 7.50. The van der Waals surface area contributed by atoms with Gasteiger partial charge in [-0.25, -0.2) is 14.5 Å². The first-order chi connectivity index (χ1) is 20.3. The number of amides is 4. The van der Waals surface area contributed by atoms with E-state index in [4.69, 9.17) is 23.8 Å². The lowest BCUT2D eigenvalue weighted by Crippen LogP contribution is -2.75. The third kappa shape index (κ3) is 4.40. The summed E-state index contributed by atoms with van der Waals surface area (Å²) in [6.07, 6.45) is -0.627. The van der Waals surface area contributed by atoms with Crippen LogP contribution in [0.1, 0.15) is 44.8 Å². The van der Waals surface area contributed by atoms with Crippen molar-refractivity contribution in [2.75, 3.05) is 37.2 Å². The molecule has 0 saturated carbocycles. The zero-order valence-electron chi connectivity index (χ0n) is 23.8. The van der Waals surface area contributed by atoms with Gasteiger partial charge in [-0.15, -0.1) is 0 Å². The minimum absolute atomic E-state index is 0.0595. The standard InChI is InChI=1S/C29H32N4O9/c1-5-40-23(34)17-28(18-24(35)41-6-2)33-27(37)31(19-10-8-7-9-11-19)26(36)32-22-16-20(38-3)12-13-21(22)25(42-28)29(32,33)14-15-30-39-4/h7-13,15-16,25H,5-6,14,17-18H2,1-4H3/b30-15+/t25-,29-/m1/s1. The molecule has 0 spiro atoms. The number of ether oxygens (including phenoxy) is 4. The van der Waals surface area contributed by atoms with Crippen molar-refractivity contribution in [2.24, 2.45) is 5.16 Å². The second-order valence-electron chi connectivity index (χ2n) is 9.79. The van der Waals surface area contributed by atoms with Crippen LogP contribution in [0.3, 0.4) is 0 Å². The number of nitrogens with zero attached hydrogens (tertiary/aromatic N) is 4. The number of hydrogen-bond donors (Lipinski definition) is 0. The molecule has 13 nitrogen and oxygen atoms in total. The van der Waals surface area contributed by atoms with Crippen molar-refractivity contribution in [2.45, 2.75) is 50.6 Å². The van der Waals surface area contributed by atoms with Gasteiger partial charge in [-0.1, -0.05) is 29.4 Å². The molecule has 0 bridgehead atoms. The van der Waals surface area contributed by atoms with E-state index in [1.54, 1.807) is 62.4 Å². The monoisotopic (exact) mass is 580 g/mol. The zero-order chi connectivity index (χ0) is 30.1. The number of rotatable bonds is 11. The van der Waals surface area contributed by atoms with Crippen LogP contribution in [0.25, 0.3) is 0 Å². The van der Waals surface area contributed by atoms with Gasteiger partial charge in [-0.2, -0.15) is 0 Å². The molecule has 2 saturated heterocycles. The van der Waals surface area contributed by atoms with Gasteiger partial charge in [0.05, 0.1) is 44.5 Å². The van der Waals surface area contributed by atoms with Gasteiger partial charge >= 0.3 is 24.0 Å². The first-order valence-corrected chi connectivity index (χ1v) is 13.5. The summed E-state index contributed by atoms with van der Waals surface area (Å²) in [5.41, 5.74) is -2.18. The Morgan fingerprint density at radius 1 is 0.976 bits per heavy atom. The predicted molar refractivity (Wildman–Crippen MR) is 149 cm³/mol. The molecule has 13 heteroatoms. The Morgan fingerprint density at radius 2 is 1.64 bits per heavy atom. The van der Waals surface area contributed by atoms with Gasteiger partial charge in [-0.3, -0.25) is 19.4 Å². The van der Waals surface area contributed by atoms with Crippen LogP contribution in [0.15, 0.2) is 53.7 Å². The van der Waals surface area contributed by atoms with E-state index in [-0.39, 0.29) is 25.3 Å². The van der Waals surface area contributed by atoms with Gasteiger partial charge in [0.25, 0.3) is 0 Å². The summed E-state index contributed by atoms with van der Waals surface area (Å²) in [6, 6.07) is 12.1. The third-order valence-corrected chi connectivity index (χ3v) is 7.50. The number of methoxy groups -OCH3 is 1. The van der Waals surface area contributed by atoms with Crippen LogP contribution in [0.2, 0.25) is 0 Å². The quantitative estimate of drug-likeness (QED) is 0.220. The number of carbonyl (C=O) groups excluding carboxylic acids is 4. The Bertz CT molecular complexity index is 1400. The highest BCUT2D eigenvalue weighted by atomic mass is 16.6. The van der Waals surface area contributed by atoms with Crippen molar-refractivity contribution in [1.29, 1.82) is 0 Å². The van der Waals surface area contributed by atoms with Crippen molar-refractivity contribution in [3.63, 3.8) is 0 Å². The van der Waals surface area contributed by atoms with Gasteiger partial charge in [0.2, 0.25) is 0 Å². The molecule has 2 fully saturated rings. The summed E-state index contributed by atoms with van der Waals surface area (Å²) in [5.74, 6) is -0.916. The number of urea groups is 2. The lowest BCUT2D eigenvalue weighted by atomic mass is 9.93. The van der Waals surface area contributed by atoms with Crippen LogP contribution in [0.4, 0.5) is 21.0 Å². The maximum Gasteiger partial charge on any atom is 0.339 e. The molecule has 2 aromatic rings. The van der Waals surface area contributed by atoms with E-state index in [0.29, 0.717) is 17.0 Å². The number of fused-ring (bicyclic) bond motifs is 3. The average molecular weight is 581 g/mol. The molecule has 0 unspecified atom stereocenters. The minimum atomic E-state index is -1.88. The Kier molecular flexibility index (Phi) is 7.78. The first-order valence-electron chi connectivity index (χ1n) is 13.5. The van der Waals surface area contributed by atoms with Crippen LogP contribution >= 0.6 is 0 Å². The van der Waals surface area contributed by atoms with Gasteiger partial charge < -0.3 is 23.8 Å². The Balaban J connectivity index is 1.80. The van der Waals surface area contributed by atoms with Crippen LogP contribution in [0, 0.1) is 0 Å². The Morgan fingerprint density at radius 3 is 2.24 bits per heavy atom. The largest absolute Gasteiger partial charge is 0.497 e. The van der Waals surface area contributed by atoms with Gasteiger partial charge in [-0.05, 0) is 32.0 Å². The molecule has 0 radical (unpaired) electrons. The number of para-hydroxylation sites is 1. The fourth-order valence-electron chi connectivity index (χ4n) is 6.04. The van der Waals surface area contributed by atoms with Gasteiger partial charge in [0, 0.05) is 24.3 Å². The molecule has 0 N–H and O–H groups in total. The molecule has 0 aromatic heterocycles. The van der Waals surface area contributed by atoms with Crippen molar-refractivity contribution < 1.29 is 43.0 Å². The summed E-state index contributed by atoms with van der Waals surface area (Å²) in [5, 5.41) is 3.89. The number of esters is 2.